The number of hydrogen-bond donors (Lipinski definition) is 1. The van der Waals surface area contributed by atoms with Gasteiger partial charge in [0.05, 0.1) is 12.0 Å². The van der Waals surface area contributed by atoms with Crippen molar-refractivity contribution in [2.75, 3.05) is 32.8 Å². The van der Waals surface area contributed by atoms with Crippen LogP contribution in [0.5, 0.6) is 0 Å². The number of esters is 2. The number of carbonyl (C=O) groups excluding carboxylic acids is 2. The third kappa shape index (κ3) is 35.0. The summed E-state index contributed by atoms with van der Waals surface area (Å²) >= 11 is 0. The Kier molecular flexibility index (Phi) is 38.3. The molecule has 6 nitrogen and oxygen atoms in total. The molecule has 0 heterocycles. The van der Waals surface area contributed by atoms with Gasteiger partial charge in [0.25, 0.3) is 0 Å². The third-order valence-electron chi connectivity index (χ3n) is 11.1. The van der Waals surface area contributed by atoms with E-state index >= 15 is 0 Å². The molecule has 0 rings (SSSR count). The van der Waals surface area contributed by atoms with Crippen LogP contribution in [0, 0.1) is 5.41 Å². The molecule has 0 fully saturated rings. The Morgan fingerprint density at radius 2 is 0.943 bits per heavy atom. The van der Waals surface area contributed by atoms with Crippen molar-refractivity contribution in [2.45, 2.75) is 253 Å². The summed E-state index contributed by atoms with van der Waals surface area (Å²) < 4.78 is 11.7. The predicted molar refractivity (Wildman–Crippen MR) is 228 cm³/mol. The van der Waals surface area contributed by atoms with Crippen molar-refractivity contribution in [3.05, 3.63) is 0 Å². The van der Waals surface area contributed by atoms with E-state index in [1.807, 2.05) is 13.8 Å². The van der Waals surface area contributed by atoms with Crippen LogP contribution >= 0.6 is 0 Å². The molecule has 0 saturated carbocycles. The molecule has 0 aromatic carbocycles. The maximum Gasteiger partial charge on any atom is 0.311 e. The van der Waals surface area contributed by atoms with Crippen molar-refractivity contribution in [3.63, 3.8) is 0 Å². The highest BCUT2D eigenvalue weighted by molar-refractivity contribution is 5.75. The number of ether oxygens (including phenoxy) is 2. The Hall–Kier alpha value is -1.14. The van der Waals surface area contributed by atoms with Crippen LogP contribution in [0.3, 0.4) is 0 Å². The molecule has 6 heteroatoms. The first-order valence-electron chi connectivity index (χ1n) is 23.5. The quantitative estimate of drug-likeness (QED) is 0.0494. The van der Waals surface area contributed by atoms with Crippen molar-refractivity contribution < 1.29 is 24.2 Å². The van der Waals surface area contributed by atoms with Crippen LogP contribution in [0.2, 0.25) is 0 Å². The molecule has 0 aliphatic rings. The zero-order valence-corrected chi connectivity index (χ0v) is 36.5. The van der Waals surface area contributed by atoms with Gasteiger partial charge >= 0.3 is 11.9 Å². The lowest BCUT2D eigenvalue weighted by molar-refractivity contribution is -0.154. The minimum Gasteiger partial charge on any atom is -0.465 e. The molecule has 0 saturated heterocycles. The number of hydrogen-bond acceptors (Lipinski definition) is 6. The Morgan fingerprint density at radius 1 is 0.528 bits per heavy atom. The van der Waals surface area contributed by atoms with Crippen molar-refractivity contribution in [3.8, 4) is 0 Å². The van der Waals surface area contributed by atoms with Gasteiger partial charge in [0, 0.05) is 19.6 Å². The lowest BCUT2D eigenvalue weighted by Crippen LogP contribution is -2.28. The molecule has 0 unspecified atom stereocenters. The molecular weight excluding hydrogens is 659 g/mol. The van der Waals surface area contributed by atoms with Crippen LogP contribution in [0.15, 0.2) is 0 Å². The highest BCUT2D eigenvalue weighted by Gasteiger charge is 2.28. The van der Waals surface area contributed by atoms with Gasteiger partial charge in [0.1, 0.15) is 6.10 Å². The number of carbonyl (C=O) groups is 2. The second-order valence-corrected chi connectivity index (χ2v) is 17.0. The van der Waals surface area contributed by atoms with Gasteiger partial charge in [-0.25, -0.2) is 0 Å². The molecule has 0 aromatic rings. The lowest BCUT2D eigenvalue weighted by atomic mass is 9.87. The summed E-state index contributed by atoms with van der Waals surface area (Å²) in [7, 11) is 0. The van der Waals surface area contributed by atoms with Gasteiger partial charge in [0.15, 0.2) is 0 Å². The maximum atomic E-state index is 12.7. The Bertz CT molecular complexity index is 771. The van der Waals surface area contributed by atoms with E-state index in [0.29, 0.717) is 13.0 Å². The summed E-state index contributed by atoms with van der Waals surface area (Å²) in [5, 5.41) is 9.43. The van der Waals surface area contributed by atoms with Gasteiger partial charge in [-0.3, -0.25) is 9.59 Å². The smallest absolute Gasteiger partial charge is 0.311 e. The summed E-state index contributed by atoms with van der Waals surface area (Å²) in [5.41, 5.74) is -0.405. The van der Waals surface area contributed by atoms with Crippen LogP contribution in [0.4, 0.5) is 0 Å². The molecule has 1 N–H and O–H groups in total. The number of nitrogens with zero attached hydrogens (tertiary/aromatic N) is 1. The van der Waals surface area contributed by atoms with E-state index in [9.17, 15) is 14.7 Å². The number of rotatable bonds is 42. The van der Waals surface area contributed by atoms with Gasteiger partial charge < -0.3 is 19.5 Å². The molecular formula is C47H93NO5. The van der Waals surface area contributed by atoms with Gasteiger partial charge in [-0.05, 0) is 91.1 Å². The Balaban J connectivity index is 4.18. The topological polar surface area (TPSA) is 76.1 Å². The van der Waals surface area contributed by atoms with Crippen LogP contribution in [-0.4, -0.2) is 60.9 Å². The van der Waals surface area contributed by atoms with Gasteiger partial charge in [-0.1, -0.05) is 162 Å². The van der Waals surface area contributed by atoms with Crippen molar-refractivity contribution >= 4 is 11.9 Å². The van der Waals surface area contributed by atoms with E-state index in [2.05, 4.69) is 25.7 Å². The standard InChI is InChI=1S/C47H93NO5/c1-6-9-12-15-18-26-33-43-52-46(51)47(4,5)38-30-23-25-32-40-48(41-34-42-49)39-31-24-19-22-29-37-45(50)53-44(35-27-20-16-13-10-7-2)36-28-21-17-14-11-8-3/h44,49H,6-43H2,1-5H3. The maximum absolute atomic E-state index is 12.7. The highest BCUT2D eigenvalue weighted by Crippen LogP contribution is 2.26. The molecule has 0 spiro atoms. The third-order valence-corrected chi connectivity index (χ3v) is 11.1. The second kappa shape index (κ2) is 39.1. The average Bonchev–Trinajstić information content (AvgIpc) is 3.14. The minimum atomic E-state index is -0.405. The number of aliphatic hydroxyl groups excluding tert-OH is 1. The number of unbranched alkanes of at least 4 members (excludes halogenated alkanes) is 23. The summed E-state index contributed by atoms with van der Waals surface area (Å²) in [6.45, 7) is 14.8. The van der Waals surface area contributed by atoms with Crippen molar-refractivity contribution in [1.29, 1.82) is 0 Å². The zero-order valence-electron chi connectivity index (χ0n) is 36.5. The first-order valence-corrected chi connectivity index (χ1v) is 23.5. The molecule has 316 valence electrons. The first kappa shape index (κ1) is 51.9. The van der Waals surface area contributed by atoms with Gasteiger partial charge in [-0.15, -0.1) is 0 Å². The van der Waals surface area contributed by atoms with Crippen LogP contribution in [-0.2, 0) is 19.1 Å². The highest BCUT2D eigenvalue weighted by atomic mass is 16.5. The van der Waals surface area contributed by atoms with Crippen molar-refractivity contribution in [1.82, 2.24) is 4.90 Å². The Labute approximate surface area is 331 Å². The second-order valence-electron chi connectivity index (χ2n) is 17.0. The Morgan fingerprint density at radius 3 is 1.45 bits per heavy atom. The van der Waals surface area contributed by atoms with E-state index in [0.717, 1.165) is 96.7 Å². The van der Waals surface area contributed by atoms with Crippen LogP contribution in [0.1, 0.15) is 247 Å². The first-order chi connectivity index (χ1) is 25.8. The van der Waals surface area contributed by atoms with Crippen molar-refractivity contribution in [2.24, 2.45) is 5.41 Å². The summed E-state index contributed by atoms with van der Waals surface area (Å²) in [4.78, 5) is 27.9. The summed E-state index contributed by atoms with van der Waals surface area (Å²) in [5.74, 6) is -0.0192. The summed E-state index contributed by atoms with van der Waals surface area (Å²) in [6.07, 6.45) is 38.6. The molecule has 0 atom stereocenters. The number of aliphatic hydroxyl groups is 1. The van der Waals surface area contributed by atoms with E-state index in [-0.39, 0.29) is 24.6 Å². The average molecular weight is 752 g/mol. The molecule has 0 radical (unpaired) electrons. The molecule has 0 aliphatic heterocycles. The summed E-state index contributed by atoms with van der Waals surface area (Å²) in [6, 6.07) is 0. The van der Waals surface area contributed by atoms with Gasteiger partial charge in [0.2, 0.25) is 0 Å². The zero-order chi connectivity index (χ0) is 39.1. The fourth-order valence-corrected chi connectivity index (χ4v) is 7.35. The SMILES string of the molecule is CCCCCCCCCOC(=O)C(C)(C)CCCCCCN(CCCO)CCCCCCCC(=O)OC(CCCCCCCC)CCCCCCCC. The monoisotopic (exact) mass is 752 g/mol. The van der Waals surface area contributed by atoms with Crippen LogP contribution < -0.4 is 0 Å². The van der Waals surface area contributed by atoms with E-state index in [1.54, 1.807) is 0 Å². The van der Waals surface area contributed by atoms with Gasteiger partial charge in [-0.2, -0.15) is 0 Å². The fraction of sp³-hybridized carbons (Fsp3) is 0.957. The fourth-order valence-electron chi connectivity index (χ4n) is 7.35. The van der Waals surface area contributed by atoms with E-state index < -0.39 is 5.41 Å². The molecule has 53 heavy (non-hydrogen) atoms. The largest absolute Gasteiger partial charge is 0.465 e. The predicted octanol–water partition coefficient (Wildman–Crippen LogP) is 13.7. The molecule has 0 bridgehead atoms. The lowest BCUT2D eigenvalue weighted by Gasteiger charge is -2.23. The van der Waals surface area contributed by atoms with E-state index in [4.69, 9.17) is 9.47 Å². The molecule has 0 aromatic heterocycles. The van der Waals surface area contributed by atoms with Crippen LogP contribution in [0.25, 0.3) is 0 Å². The molecule has 0 aliphatic carbocycles. The minimum absolute atomic E-state index is 0.0180. The normalized spacial score (nSPS) is 11.9. The molecule has 0 amide bonds. The van der Waals surface area contributed by atoms with E-state index in [1.165, 1.54) is 128 Å².